The van der Waals surface area contributed by atoms with Gasteiger partial charge < -0.3 is 14.8 Å². The summed E-state index contributed by atoms with van der Waals surface area (Å²) in [6.45, 7) is 0. The van der Waals surface area contributed by atoms with Crippen molar-refractivity contribution in [3.8, 4) is 17.0 Å². The fourth-order valence-electron chi connectivity index (χ4n) is 3.40. The Kier molecular flexibility index (Phi) is 3.45. The van der Waals surface area contributed by atoms with Crippen LogP contribution >= 0.6 is 0 Å². The highest BCUT2D eigenvalue weighted by molar-refractivity contribution is 5.86. The lowest BCUT2D eigenvalue weighted by atomic mass is 9.86. The summed E-state index contributed by atoms with van der Waals surface area (Å²) < 4.78 is 4.89. The third-order valence-corrected chi connectivity index (χ3v) is 4.66. The number of nitrogens with zero attached hydrogens (tertiary/aromatic N) is 2. The Balaban J connectivity index is 1.81. The molecule has 1 aliphatic carbocycles. The number of fused-ring (bicyclic) bond motifs is 3. The first-order chi connectivity index (χ1) is 11.7. The van der Waals surface area contributed by atoms with Gasteiger partial charge in [0.15, 0.2) is 5.65 Å². The van der Waals surface area contributed by atoms with E-state index in [0.717, 1.165) is 29.5 Å². The highest BCUT2D eigenvalue weighted by Crippen LogP contribution is 2.34. The minimum Gasteiger partial charge on any atom is -0.507 e. The van der Waals surface area contributed by atoms with Crippen molar-refractivity contribution in [2.45, 2.75) is 19.3 Å². The van der Waals surface area contributed by atoms with Crippen LogP contribution in [0.4, 0.5) is 0 Å². The van der Waals surface area contributed by atoms with Crippen LogP contribution in [0.25, 0.3) is 22.3 Å². The van der Waals surface area contributed by atoms with Gasteiger partial charge in [0.1, 0.15) is 5.75 Å². The molecule has 0 fully saturated rings. The molecule has 24 heavy (non-hydrogen) atoms. The van der Waals surface area contributed by atoms with Gasteiger partial charge in [0, 0.05) is 16.6 Å². The molecule has 0 saturated carbocycles. The molecule has 0 spiro atoms. The van der Waals surface area contributed by atoms with Crippen LogP contribution in [0.2, 0.25) is 0 Å². The number of carbonyl (C=O) groups is 1. The molecule has 0 radical (unpaired) electrons. The summed E-state index contributed by atoms with van der Waals surface area (Å²) in [7, 11) is 1.43. The standard InChI is InChI=1S/C18H17N3O3/c1-24-18(23)10-6-7-14-12(8-10)13-9-15(20-21-17(13)19-14)11-4-2-3-5-16(11)22/h2-5,9-10,22H,6-8H2,1H3,(H,19,21). The molecule has 2 N–H and O–H groups in total. The van der Waals surface area contributed by atoms with Crippen molar-refractivity contribution in [2.24, 2.45) is 5.92 Å². The summed E-state index contributed by atoms with van der Waals surface area (Å²) in [6, 6.07) is 8.97. The van der Waals surface area contributed by atoms with E-state index < -0.39 is 0 Å². The highest BCUT2D eigenvalue weighted by Gasteiger charge is 2.28. The minimum absolute atomic E-state index is 0.122. The number of esters is 1. The fraction of sp³-hybridized carbons (Fsp3) is 0.278. The van der Waals surface area contributed by atoms with Crippen LogP contribution in [0.3, 0.4) is 0 Å². The van der Waals surface area contributed by atoms with Gasteiger partial charge in [-0.3, -0.25) is 4.79 Å². The maximum absolute atomic E-state index is 11.9. The number of hydrogen-bond donors (Lipinski definition) is 2. The molecule has 2 aromatic heterocycles. The van der Waals surface area contributed by atoms with E-state index in [4.69, 9.17) is 4.74 Å². The lowest BCUT2D eigenvalue weighted by Gasteiger charge is -2.20. The summed E-state index contributed by atoms with van der Waals surface area (Å²) >= 11 is 0. The number of phenols is 1. The zero-order valence-electron chi connectivity index (χ0n) is 13.2. The summed E-state index contributed by atoms with van der Waals surface area (Å²) in [4.78, 5) is 15.2. The molecule has 1 atom stereocenters. The number of H-pyrrole nitrogens is 1. The molecule has 6 heteroatoms. The summed E-state index contributed by atoms with van der Waals surface area (Å²) in [6.07, 6.45) is 2.19. The van der Waals surface area contributed by atoms with E-state index in [9.17, 15) is 9.90 Å². The molecular formula is C18H17N3O3. The molecule has 6 nitrogen and oxygen atoms in total. The molecule has 1 unspecified atom stereocenters. The van der Waals surface area contributed by atoms with E-state index in [-0.39, 0.29) is 17.6 Å². The molecule has 2 heterocycles. The predicted octanol–water partition coefficient (Wildman–Crippen LogP) is 2.61. The zero-order chi connectivity index (χ0) is 16.7. The van der Waals surface area contributed by atoms with Crippen LogP contribution in [0.15, 0.2) is 30.3 Å². The van der Waals surface area contributed by atoms with E-state index in [1.165, 1.54) is 7.11 Å². The molecule has 1 aromatic carbocycles. The molecule has 3 aromatic rings. The van der Waals surface area contributed by atoms with Crippen molar-refractivity contribution in [2.75, 3.05) is 7.11 Å². The van der Waals surface area contributed by atoms with Crippen molar-refractivity contribution in [3.05, 3.63) is 41.6 Å². The van der Waals surface area contributed by atoms with E-state index >= 15 is 0 Å². The van der Waals surface area contributed by atoms with Gasteiger partial charge in [-0.1, -0.05) is 12.1 Å². The monoisotopic (exact) mass is 323 g/mol. The van der Waals surface area contributed by atoms with Gasteiger partial charge in [-0.15, -0.1) is 10.2 Å². The molecule has 122 valence electrons. The van der Waals surface area contributed by atoms with E-state index in [2.05, 4.69) is 15.2 Å². The van der Waals surface area contributed by atoms with Gasteiger partial charge in [0.05, 0.1) is 18.7 Å². The molecule has 1 aliphatic rings. The summed E-state index contributed by atoms with van der Waals surface area (Å²) in [5.41, 5.74) is 4.17. The van der Waals surface area contributed by atoms with Gasteiger partial charge in [-0.2, -0.15) is 0 Å². The maximum atomic E-state index is 11.9. The predicted molar refractivity (Wildman–Crippen MR) is 88.5 cm³/mol. The number of benzene rings is 1. The normalized spacial score (nSPS) is 16.8. The van der Waals surface area contributed by atoms with Crippen molar-refractivity contribution in [3.63, 3.8) is 0 Å². The number of ether oxygens (including phenoxy) is 1. The quantitative estimate of drug-likeness (QED) is 0.708. The van der Waals surface area contributed by atoms with Gasteiger partial charge in [-0.25, -0.2) is 0 Å². The fourth-order valence-corrected chi connectivity index (χ4v) is 3.40. The Labute approximate surface area is 138 Å². The van der Waals surface area contributed by atoms with Crippen LogP contribution in [-0.2, 0) is 22.4 Å². The van der Waals surface area contributed by atoms with Gasteiger partial charge in [-0.05, 0) is 43.0 Å². The highest BCUT2D eigenvalue weighted by atomic mass is 16.5. The topological polar surface area (TPSA) is 88.1 Å². The first-order valence-electron chi connectivity index (χ1n) is 7.90. The maximum Gasteiger partial charge on any atom is 0.309 e. The van der Waals surface area contributed by atoms with E-state index in [0.29, 0.717) is 23.3 Å². The Morgan fingerprint density at radius 3 is 2.96 bits per heavy atom. The Bertz CT molecular complexity index is 932. The van der Waals surface area contributed by atoms with Crippen molar-refractivity contribution >= 4 is 17.0 Å². The number of hydrogen-bond acceptors (Lipinski definition) is 5. The molecular weight excluding hydrogens is 306 g/mol. The number of aromatic nitrogens is 3. The number of rotatable bonds is 2. The van der Waals surface area contributed by atoms with E-state index in [1.807, 2.05) is 18.2 Å². The SMILES string of the molecule is COC(=O)C1CCc2[nH]c3nnc(-c4ccccc4O)cc3c2C1. The second-order valence-electron chi connectivity index (χ2n) is 6.05. The number of nitrogens with one attached hydrogen (secondary N) is 1. The number of aromatic amines is 1. The van der Waals surface area contributed by atoms with E-state index in [1.54, 1.807) is 12.1 Å². The second kappa shape index (κ2) is 5.63. The summed E-state index contributed by atoms with van der Waals surface area (Å²) in [5.74, 6) is -0.121. The van der Waals surface area contributed by atoms with Gasteiger partial charge in [0.2, 0.25) is 0 Å². The van der Waals surface area contributed by atoms with Crippen molar-refractivity contribution in [1.29, 1.82) is 0 Å². The van der Waals surface area contributed by atoms with Crippen LogP contribution in [0.5, 0.6) is 5.75 Å². The van der Waals surface area contributed by atoms with Crippen molar-refractivity contribution in [1.82, 2.24) is 15.2 Å². The van der Waals surface area contributed by atoms with Crippen LogP contribution < -0.4 is 0 Å². The average Bonchev–Trinajstić information content (AvgIpc) is 2.98. The molecule has 4 rings (SSSR count). The molecule has 0 aliphatic heterocycles. The molecule has 0 saturated heterocycles. The lowest BCUT2D eigenvalue weighted by molar-refractivity contribution is -0.145. The van der Waals surface area contributed by atoms with Crippen LogP contribution in [0.1, 0.15) is 17.7 Å². The number of carbonyl (C=O) groups excluding carboxylic acids is 1. The number of aryl methyl sites for hydroxylation is 1. The Morgan fingerprint density at radius 1 is 1.33 bits per heavy atom. The van der Waals surface area contributed by atoms with Gasteiger partial charge >= 0.3 is 5.97 Å². The first-order valence-corrected chi connectivity index (χ1v) is 7.90. The third kappa shape index (κ3) is 2.31. The number of methoxy groups -OCH3 is 1. The minimum atomic E-state index is -0.169. The van der Waals surface area contributed by atoms with Crippen LogP contribution in [-0.4, -0.2) is 33.4 Å². The number of para-hydroxylation sites is 1. The third-order valence-electron chi connectivity index (χ3n) is 4.66. The number of phenolic OH excluding ortho intramolecular Hbond substituents is 1. The Hall–Kier alpha value is -2.89. The smallest absolute Gasteiger partial charge is 0.309 e. The Morgan fingerprint density at radius 2 is 2.17 bits per heavy atom. The molecule has 0 amide bonds. The first kappa shape index (κ1) is 14.7. The number of aromatic hydroxyl groups is 1. The molecule has 0 bridgehead atoms. The van der Waals surface area contributed by atoms with Crippen LogP contribution in [0, 0.1) is 5.92 Å². The average molecular weight is 323 g/mol. The lowest BCUT2D eigenvalue weighted by Crippen LogP contribution is -2.23. The second-order valence-corrected chi connectivity index (χ2v) is 6.05. The summed E-state index contributed by atoms with van der Waals surface area (Å²) in [5, 5.41) is 19.5. The van der Waals surface area contributed by atoms with Crippen molar-refractivity contribution < 1.29 is 14.6 Å². The largest absolute Gasteiger partial charge is 0.507 e. The van der Waals surface area contributed by atoms with Gasteiger partial charge in [0.25, 0.3) is 0 Å². The zero-order valence-corrected chi connectivity index (χ0v) is 13.2.